The summed E-state index contributed by atoms with van der Waals surface area (Å²) >= 11 is 0. The molecular weight excluding hydrogens is 154 g/mol. The van der Waals surface area contributed by atoms with Crippen molar-refractivity contribution in [2.45, 2.75) is 20.0 Å². The van der Waals surface area contributed by atoms with Gasteiger partial charge in [-0.15, -0.1) is 0 Å². The van der Waals surface area contributed by atoms with Gasteiger partial charge in [0.1, 0.15) is 11.5 Å². The van der Waals surface area contributed by atoms with Crippen LogP contribution < -0.4 is 9.47 Å². The fraction of sp³-hybridized carbons (Fsp3) is 0.444. The van der Waals surface area contributed by atoms with E-state index in [1.165, 1.54) is 0 Å². The Morgan fingerprint density at radius 2 is 1.92 bits per heavy atom. The Balaban J connectivity index is 2.72. The van der Waals surface area contributed by atoms with Crippen LogP contribution in [0, 0.1) is 0 Å². The minimum absolute atomic E-state index is 0.166. The molecule has 1 aromatic rings. The van der Waals surface area contributed by atoms with Crippen molar-refractivity contribution in [3.05, 3.63) is 18.5 Å². The number of aromatic nitrogens is 1. The van der Waals surface area contributed by atoms with Gasteiger partial charge in [0.15, 0.2) is 0 Å². The lowest BCUT2D eigenvalue weighted by Gasteiger charge is -2.09. The van der Waals surface area contributed by atoms with Gasteiger partial charge in [-0.05, 0) is 13.8 Å². The number of nitrogens with zero attached hydrogens (tertiary/aromatic N) is 1. The summed E-state index contributed by atoms with van der Waals surface area (Å²) in [6, 6.07) is 1.81. The van der Waals surface area contributed by atoms with Crippen LogP contribution in [0.3, 0.4) is 0 Å². The quantitative estimate of drug-likeness (QED) is 0.688. The average Bonchev–Trinajstić information content (AvgIpc) is 2.03. The van der Waals surface area contributed by atoms with E-state index >= 15 is 0 Å². The second-order valence-electron chi connectivity index (χ2n) is 2.73. The van der Waals surface area contributed by atoms with Gasteiger partial charge in [-0.3, -0.25) is 4.98 Å². The summed E-state index contributed by atoms with van der Waals surface area (Å²) in [4.78, 5) is 3.96. The standard InChI is InChI=1S/C9H13NO2/c1-7(2)12-9-4-8(11-3)5-10-6-9/h4-7H,1-3H3. The Kier molecular flexibility index (Phi) is 2.91. The Hall–Kier alpha value is -1.25. The molecule has 0 spiro atoms. The molecule has 0 bridgehead atoms. The fourth-order valence-electron chi connectivity index (χ4n) is 0.847. The minimum atomic E-state index is 0.166. The van der Waals surface area contributed by atoms with Crippen LogP contribution in [0.25, 0.3) is 0 Å². The van der Waals surface area contributed by atoms with Crippen LogP contribution in [0.2, 0.25) is 0 Å². The molecule has 1 heterocycles. The van der Waals surface area contributed by atoms with Gasteiger partial charge in [0.2, 0.25) is 0 Å². The first-order chi connectivity index (χ1) is 5.72. The van der Waals surface area contributed by atoms with Gasteiger partial charge in [0, 0.05) is 6.07 Å². The number of hydrogen-bond acceptors (Lipinski definition) is 3. The third-order valence-electron chi connectivity index (χ3n) is 1.30. The van der Waals surface area contributed by atoms with E-state index in [9.17, 15) is 0 Å². The highest BCUT2D eigenvalue weighted by Gasteiger charge is 1.99. The smallest absolute Gasteiger partial charge is 0.141 e. The van der Waals surface area contributed by atoms with Gasteiger partial charge in [-0.2, -0.15) is 0 Å². The van der Waals surface area contributed by atoms with Crippen molar-refractivity contribution in [2.24, 2.45) is 0 Å². The molecule has 0 aromatic carbocycles. The van der Waals surface area contributed by atoms with Crippen LogP contribution in [0.15, 0.2) is 18.5 Å². The SMILES string of the molecule is COc1cncc(OC(C)C)c1. The number of hydrogen-bond donors (Lipinski definition) is 0. The summed E-state index contributed by atoms with van der Waals surface area (Å²) in [6.07, 6.45) is 3.48. The maximum absolute atomic E-state index is 5.41. The van der Waals surface area contributed by atoms with Crippen LogP contribution >= 0.6 is 0 Å². The molecule has 0 unspecified atom stereocenters. The lowest BCUT2D eigenvalue weighted by Crippen LogP contribution is -2.05. The lowest BCUT2D eigenvalue weighted by molar-refractivity contribution is 0.240. The van der Waals surface area contributed by atoms with Crippen LogP contribution in [-0.4, -0.2) is 18.2 Å². The van der Waals surface area contributed by atoms with E-state index in [-0.39, 0.29) is 6.10 Å². The fourth-order valence-corrected chi connectivity index (χ4v) is 0.847. The van der Waals surface area contributed by atoms with Crippen molar-refractivity contribution in [1.29, 1.82) is 0 Å². The minimum Gasteiger partial charge on any atom is -0.495 e. The Morgan fingerprint density at radius 3 is 2.50 bits per heavy atom. The van der Waals surface area contributed by atoms with E-state index in [4.69, 9.17) is 9.47 Å². The Bertz CT molecular complexity index is 248. The number of methoxy groups -OCH3 is 1. The van der Waals surface area contributed by atoms with E-state index in [1.54, 1.807) is 19.5 Å². The highest BCUT2D eigenvalue weighted by atomic mass is 16.5. The molecule has 66 valence electrons. The zero-order valence-corrected chi connectivity index (χ0v) is 7.57. The summed E-state index contributed by atoms with van der Waals surface area (Å²) in [5.74, 6) is 1.46. The molecule has 0 saturated carbocycles. The predicted octanol–water partition coefficient (Wildman–Crippen LogP) is 1.88. The van der Waals surface area contributed by atoms with E-state index in [2.05, 4.69) is 4.98 Å². The zero-order chi connectivity index (χ0) is 8.97. The lowest BCUT2D eigenvalue weighted by atomic mass is 10.4. The zero-order valence-electron chi connectivity index (χ0n) is 7.57. The molecule has 1 rings (SSSR count). The van der Waals surface area contributed by atoms with Gasteiger partial charge in [-0.1, -0.05) is 0 Å². The van der Waals surface area contributed by atoms with Crippen molar-refractivity contribution in [1.82, 2.24) is 4.98 Å². The molecule has 0 aliphatic rings. The summed E-state index contributed by atoms with van der Waals surface area (Å²) in [6.45, 7) is 3.94. The molecule has 0 N–H and O–H groups in total. The van der Waals surface area contributed by atoms with Crippen LogP contribution in [-0.2, 0) is 0 Å². The third-order valence-corrected chi connectivity index (χ3v) is 1.30. The van der Waals surface area contributed by atoms with Crippen LogP contribution in [0.4, 0.5) is 0 Å². The van der Waals surface area contributed by atoms with Crippen molar-refractivity contribution in [3.8, 4) is 11.5 Å². The van der Waals surface area contributed by atoms with Crippen LogP contribution in [0.1, 0.15) is 13.8 Å². The summed E-state index contributed by atoms with van der Waals surface area (Å²) in [7, 11) is 1.61. The van der Waals surface area contributed by atoms with E-state index in [1.807, 2.05) is 19.9 Å². The molecule has 0 radical (unpaired) electrons. The number of pyridine rings is 1. The maximum Gasteiger partial charge on any atom is 0.141 e. The molecule has 3 nitrogen and oxygen atoms in total. The van der Waals surface area contributed by atoms with Gasteiger partial charge in [0.25, 0.3) is 0 Å². The largest absolute Gasteiger partial charge is 0.495 e. The molecule has 12 heavy (non-hydrogen) atoms. The van der Waals surface area contributed by atoms with E-state index < -0.39 is 0 Å². The second kappa shape index (κ2) is 3.95. The molecule has 0 aliphatic carbocycles. The van der Waals surface area contributed by atoms with Crippen molar-refractivity contribution in [2.75, 3.05) is 7.11 Å². The molecular formula is C9H13NO2. The highest BCUT2D eigenvalue weighted by molar-refractivity contribution is 5.28. The average molecular weight is 167 g/mol. The summed E-state index contributed by atoms with van der Waals surface area (Å²) in [5, 5.41) is 0. The van der Waals surface area contributed by atoms with E-state index in [0.717, 1.165) is 5.75 Å². The molecule has 0 aliphatic heterocycles. The van der Waals surface area contributed by atoms with Gasteiger partial charge in [0.05, 0.1) is 25.6 Å². The van der Waals surface area contributed by atoms with Gasteiger partial charge >= 0.3 is 0 Å². The van der Waals surface area contributed by atoms with Crippen LogP contribution in [0.5, 0.6) is 11.5 Å². The third kappa shape index (κ3) is 2.42. The molecule has 0 amide bonds. The van der Waals surface area contributed by atoms with Crippen molar-refractivity contribution >= 4 is 0 Å². The van der Waals surface area contributed by atoms with E-state index in [0.29, 0.717) is 5.75 Å². The highest BCUT2D eigenvalue weighted by Crippen LogP contribution is 2.17. The molecule has 1 aromatic heterocycles. The van der Waals surface area contributed by atoms with Gasteiger partial charge in [-0.25, -0.2) is 0 Å². The first kappa shape index (κ1) is 8.84. The predicted molar refractivity (Wildman–Crippen MR) is 46.6 cm³/mol. The monoisotopic (exact) mass is 167 g/mol. The molecule has 0 fully saturated rings. The Morgan fingerprint density at radius 1 is 1.25 bits per heavy atom. The topological polar surface area (TPSA) is 31.4 Å². The van der Waals surface area contributed by atoms with Crippen molar-refractivity contribution < 1.29 is 9.47 Å². The Labute approximate surface area is 72.3 Å². The number of ether oxygens (including phenoxy) is 2. The first-order valence-corrected chi connectivity index (χ1v) is 3.88. The molecule has 0 atom stereocenters. The van der Waals surface area contributed by atoms with Crippen molar-refractivity contribution in [3.63, 3.8) is 0 Å². The second-order valence-corrected chi connectivity index (χ2v) is 2.73. The maximum atomic E-state index is 5.41. The molecule has 3 heteroatoms. The summed E-state index contributed by atoms with van der Waals surface area (Å²) < 4.78 is 10.4. The number of rotatable bonds is 3. The summed E-state index contributed by atoms with van der Waals surface area (Å²) in [5.41, 5.74) is 0. The van der Waals surface area contributed by atoms with Gasteiger partial charge < -0.3 is 9.47 Å². The first-order valence-electron chi connectivity index (χ1n) is 3.88. The molecule has 0 saturated heterocycles. The normalized spacial score (nSPS) is 10.0.